The van der Waals surface area contributed by atoms with Gasteiger partial charge in [0.15, 0.2) is 0 Å². The van der Waals surface area contributed by atoms with Crippen LogP contribution in [-0.2, 0) is 9.53 Å². The van der Waals surface area contributed by atoms with Gasteiger partial charge in [-0.25, -0.2) is 0 Å². The summed E-state index contributed by atoms with van der Waals surface area (Å²) in [4.78, 5) is 15.0. The first kappa shape index (κ1) is 16.0. The molecule has 2 aliphatic carbocycles. The molecule has 4 aliphatic rings. The molecule has 2 heterocycles. The Labute approximate surface area is 144 Å². The summed E-state index contributed by atoms with van der Waals surface area (Å²) in [7, 11) is 0. The topological polar surface area (TPSA) is 29.5 Å². The van der Waals surface area contributed by atoms with E-state index in [1.165, 1.54) is 30.8 Å². The van der Waals surface area contributed by atoms with Crippen LogP contribution in [0.1, 0.15) is 39.5 Å². The smallest absolute Gasteiger partial charge is 0.311 e. The standard InChI is InChI=1S/C19H29NO2S/c1-13-4-3-5-19(2)11-17-14(10-16(13)19)15(18(21)22-17)12-20-6-8-23-9-7-20/h10,13-15,17H,3-9,11-12H2,1-2H3/t13-,14+,15-,17+,19+/m0/s1. The maximum Gasteiger partial charge on any atom is 0.311 e. The molecule has 0 N–H and O–H groups in total. The quantitative estimate of drug-likeness (QED) is 0.572. The van der Waals surface area contributed by atoms with Crippen LogP contribution in [0.2, 0.25) is 0 Å². The molecule has 2 saturated heterocycles. The van der Waals surface area contributed by atoms with Gasteiger partial charge in [0.25, 0.3) is 0 Å². The zero-order valence-corrected chi connectivity index (χ0v) is 15.2. The van der Waals surface area contributed by atoms with Crippen molar-refractivity contribution in [1.29, 1.82) is 0 Å². The van der Waals surface area contributed by atoms with Gasteiger partial charge in [-0.2, -0.15) is 11.8 Å². The van der Waals surface area contributed by atoms with Gasteiger partial charge >= 0.3 is 5.97 Å². The number of esters is 1. The first-order chi connectivity index (χ1) is 11.1. The number of ether oxygens (including phenoxy) is 1. The van der Waals surface area contributed by atoms with E-state index in [4.69, 9.17) is 4.74 Å². The third-order valence-corrected chi connectivity index (χ3v) is 7.58. The Morgan fingerprint density at radius 3 is 2.96 bits per heavy atom. The Bertz CT molecular complexity index is 513. The third kappa shape index (κ3) is 2.86. The Morgan fingerprint density at radius 2 is 2.17 bits per heavy atom. The van der Waals surface area contributed by atoms with Crippen LogP contribution >= 0.6 is 11.8 Å². The van der Waals surface area contributed by atoms with Gasteiger partial charge in [-0.1, -0.05) is 31.9 Å². The fraction of sp³-hybridized carbons (Fsp3) is 0.842. The van der Waals surface area contributed by atoms with E-state index in [9.17, 15) is 4.79 Å². The fourth-order valence-corrected chi connectivity index (χ4v) is 6.30. The highest BCUT2D eigenvalue weighted by atomic mass is 32.2. The van der Waals surface area contributed by atoms with Crippen molar-refractivity contribution in [2.45, 2.75) is 45.6 Å². The molecule has 0 spiro atoms. The molecule has 0 aromatic carbocycles. The van der Waals surface area contributed by atoms with Gasteiger partial charge in [0, 0.05) is 37.1 Å². The summed E-state index contributed by atoms with van der Waals surface area (Å²) in [6.45, 7) is 7.91. The second-order valence-electron chi connectivity index (χ2n) is 8.25. The number of carbonyl (C=O) groups excluding carboxylic acids is 1. The molecule has 3 fully saturated rings. The summed E-state index contributed by atoms with van der Waals surface area (Å²) < 4.78 is 5.85. The van der Waals surface area contributed by atoms with Crippen LogP contribution < -0.4 is 0 Å². The molecule has 0 unspecified atom stereocenters. The molecule has 128 valence electrons. The van der Waals surface area contributed by atoms with Crippen LogP contribution in [0.3, 0.4) is 0 Å². The number of fused-ring (bicyclic) bond motifs is 2. The average Bonchev–Trinajstić information content (AvgIpc) is 2.81. The second-order valence-corrected chi connectivity index (χ2v) is 9.48. The monoisotopic (exact) mass is 335 g/mol. The van der Waals surface area contributed by atoms with Gasteiger partial charge < -0.3 is 9.64 Å². The molecule has 23 heavy (non-hydrogen) atoms. The van der Waals surface area contributed by atoms with Crippen molar-refractivity contribution in [3.05, 3.63) is 11.6 Å². The van der Waals surface area contributed by atoms with Crippen molar-refractivity contribution in [3.8, 4) is 0 Å². The van der Waals surface area contributed by atoms with Crippen LogP contribution in [0.4, 0.5) is 0 Å². The molecule has 4 heteroatoms. The van der Waals surface area contributed by atoms with Gasteiger partial charge in [-0.05, 0) is 30.6 Å². The van der Waals surface area contributed by atoms with E-state index >= 15 is 0 Å². The van der Waals surface area contributed by atoms with Crippen LogP contribution in [0.25, 0.3) is 0 Å². The van der Waals surface area contributed by atoms with Gasteiger partial charge in [0.05, 0.1) is 5.92 Å². The van der Waals surface area contributed by atoms with Crippen molar-refractivity contribution in [2.75, 3.05) is 31.1 Å². The molecule has 3 nitrogen and oxygen atoms in total. The van der Waals surface area contributed by atoms with Crippen molar-refractivity contribution in [1.82, 2.24) is 4.90 Å². The van der Waals surface area contributed by atoms with Gasteiger partial charge in [-0.3, -0.25) is 4.79 Å². The maximum atomic E-state index is 12.5. The lowest BCUT2D eigenvalue weighted by molar-refractivity contribution is -0.145. The Morgan fingerprint density at radius 1 is 1.39 bits per heavy atom. The fourth-order valence-electron chi connectivity index (χ4n) is 5.32. The summed E-state index contributed by atoms with van der Waals surface area (Å²) >= 11 is 2.02. The summed E-state index contributed by atoms with van der Waals surface area (Å²) in [6, 6.07) is 0. The van der Waals surface area contributed by atoms with E-state index in [1.54, 1.807) is 5.57 Å². The number of nitrogens with zero attached hydrogens (tertiary/aromatic N) is 1. The number of carbonyl (C=O) groups is 1. The zero-order valence-electron chi connectivity index (χ0n) is 14.4. The predicted octanol–water partition coefficient (Wildman–Crippen LogP) is 3.35. The first-order valence-corrected chi connectivity index (χ1v) is 10.4. The van der Waals surface area contributed by atoms with Crippen LogP contribution in [0.15, 0.2) is 11.6 Å². The van der Waals surface area contributed by atoms with E-state index in [1.807, 2.05) is 11.8 Å². The Balaban J connectivity index is 1.56. The van der Waals surface area contributed by atoms with Crippen molar-refractivity contribution in [3.63, 3.8) is 0 Å². The molecule has 5 atom stereocenters. The number of allylic oxidation sites excluding steroid dienone is 1. The van der Waals surface area contributed by atoms with Crippen molar-refractivity contribution >= 4 is 17.7 Å². The molecule has 0 aromatic heterocycles. The van der Waals surface area contributed by atoms with E-state index in [-0.39, 0.29) is 23.4 Å². The molecule has 0 bridgehead atoms. The van der Waals surface area contributed by atoms with Crippen LogP contribution in [-0.4, -0.2) is 48.1 Å². The molecular formula is C19H29NO2S. The van der Waals surface area contributed by atoms with Gasteiger partial charge in [0.1, 0.15) is 6.10 Å². The highest BCUT2D eigenvalue weighted by Gasteiger charge is 2.51. The minimum Gasteiger partial charge on any atom is -0.461 e. The van der Waals surface area contributed by atoms with Crippen LogP contribution in [0.5, 0.6) is 0 Å². The summed E-state index contributed by atoms with van der Waals surface area (Å²) in [5.41, 5.74) is 1.90. The summed E-state index contributed by atoms with van der Waals surface area (Å²) in [6.07, 6.45) is 7.54. The third-order valence-electron chi connectivity index (χ3n) is 6.64. The minimum absolute atomic E-state index is 0.0602. The first-order valence-electron chi connectivity index (χ1n) is 9.30. The number of thioether (sulfide) groups is 1. The number of rotatable bonds is 2. The van der Waals surface area contributed by atoms with Gasteiger partial charge in [0.2, 0.25) is 0 Å². The number of hydrogen-bond acceptors (Lipinski definition) is 4. The summed E-state index contributed by atoms with van der Waals surface area (Å²) in [5, 5.41) is 0. The van der Waals surface area contributed by atoms with E-state index in [0.29, 0.717) is 11.8 Å². The van der Waals surface area contributed by atoms with Crippen molar-refractivity contribution in [2.24, 2.45) is 23.2 Å². The number of hydrogen-bond donors (Lipinski definition) is 0. The maximum absolute atomic E-state index is 12.5. The largest absolute Gasteiger partial charge is 0.461 e. The highest BCUT2D eigenvalue weighted by Crippen LogP contribution is 2.53. The molecule has 0 aromatic rings. The lowest BCUT2D eigenvalue weighted by Gasteiger charge is -2.46. The normalized spacial score (nSPS) is 44.3. The zero-order chi connectivity index (χ0) is 16.0. The SMILES string of the molecule is C[C@H]1CCC[C@]2(C)C[C@H]3OC(=O)[C@@H](CN4CCSCC4)[C@H]3C=C12. The average molecular weight is 336 g/mol. The Kier molecular flexibility index (Phi) is 4.25. The molecule has 0 radical (unpaired) electrons. The predicted molar refractivity (Wildman–Crippen MR) is 94.4 cm³/mol. The van der Waals surface area contributed by atoms with E-state index in [2.05, 4.69) is 24.8 Å². The Hall–Kier alpha value is -0.480. The highest BCUT2D eigenvalue weighted by molar-refractivity contribution is 7.99. The lowest BCUT2D eigenvalue weighted by Crippen LogP contribution is -2.42. The lowest BCUT2D eigenvalue weighted by atomic mass is 9.59. The van der Waals surface area contributed by atoms with E-state index in [0.717, 1.165) is 26.1 Å². The molecule has 2 aliphatic heterocycles. The van der Waals surface area contributed by atoms with Gasteiger partial charge in [-0.15, -0.1) is 0 Å². The summed E-state index contributed by atoms with van der Waals surface area (Å²) in [5.74, 6) is 3.52. The molecule has 4 rings (SSSR count). The van der Waals surface area contributed by atoms with E-state index < -0.39 is 0 Å². The molecular weight excluding hydrogens is 306 g/mol. The van der Waals surface area contributed by atoms with Crippen molar-refractivity contribution < 1.29 is 9.53 Å². The minimum atomic E-state index is 0.0602. The second kappa shape index (κ2) is 6.11. The van der Waals surface area contributed by atoms with Crippen LogP contribution in [0, 0.1) is 23.2 Å². The molecule has 1 saturated carbocycles. The molecule has 0 amide bonds.